The van der Waals surface area contributed by atoms with Gasteiger partial charge in [-0.25, -0.2) is 0 Å². The van der Waals surface area contributed by atoms with Gasteiger partial charge in [-0.1, -0.05) is 11.6 Å². The molecule has 4 heteroatoms. The highest BCUT2D eigenvalue weighted by atomic mass is 127. The normalized spacial score (nSPS) is 14.9. The lowest BCUT2D eigenvalue weighted by atomic mass is 9.94. The highest BCUT2D eigenvalue weighted by molar-refractivity contribution is 14.1. The zero-order chi connectivity index (χ0) is 12.0. The van der Waals surface area contributed by atoms with Gasteiger partial charge in [0, 0.05) is 25.2 Å². The molecule has 1 aromatic carbocycles. The number of nitrogens with one attached hydrogen (secondary N) is 1. The van der Waals surface area contributed by atoms with Gasteiger partial charge < -0.3 is 4.98 Å². The molecule has 2 nitrogen and oxygen atoms in total. The zero-order valence-corrected chi connectivity index (χ0v) is 12.1. The van der Waals surface area contributed by atoms with Gasteiger partial charge in [-0.3, -0.25) is 4.79 Å². The van der Waals surface area contributed by atoms with E-state index in [-0.39, 0.29) is 5.43 Å². The molecule has 0 spiro atoms. The van der Waals surface area contributed by atoms with Crippen molar-refractivity contribution in [2.24, 2.45) is 0 Å². The standard InChI is InChI=1S/C13H11ClINO/c14-7-5-9-12(10(15)6-7)16-11-4-2-1-3-8(11)13(9)17/h5-6H,1-4H2,(H,16,17). The minimum absolute atomic E-state index is 0.161. The lowest BCUT2D eigenvalue weighted by molar-refractivity contribution is 0.667. The Labute approximate surface area is 118 Å². The Morgan fingerprint density at radius 3 is 2.82 bits per heavy atom. The van der Waals surface area contributed by atoms with Crippen LogP contribution >= 0.6 is 34.2 Å². The van der Waals surface area contributed by atoms with Gasteiger partial charge >= 0.3 is 0 Å². The molecule has 88 valence electrons. The van der Waals surface area contributed by atoms with Crippen molar-refractivity contribution in [1.29, 1.82) is 0 Å². The van der Waals surface area contributed by atoms with Crippen molar-refractivity contribution in [1.82, 2.24) is 4.98 Å². The quantitative estimate of drug-likeness (QED) is 0.715. The first-order valence-electron chi connectivity index (χ1n) is 5.69. The van der Waals surface area contributed by atoms with Crippen LogP contribution in [0.1, 0.15) is 24.1 Å². The maximum atomic E-state index is 12.4. The lowest BCUT2D eigenvalue weighted by Crippen LogP contribution is -2.18. The monoisotopic (exact) mass is 359 g/mol. The molecular formula is C13H11ClINO. The van der Waals surface area contributed by atoms with Crippen LogP contribution < -0.4 is 5.43 Å². The molecule has 0 fully saturated rings. The fraction of sp³-hybridized carbons (Fsp3) is 0.308. The molecule has 2 aromatic rings. The predicted molar refractivity (Wildman–Crippen MR) is 78.9 cm³/mol. The summed E-state index contributed by atoms with van der Waals surface area (Å²) in [6, 6.07) is 3.66. The number of pyridine rings is 1. The average Bonchev–Trinajstić information content (AvgIpc) is 2.31. The summed E-state index contributed by atoms with van der Waals surface area (Å²) in [5.74, 6) is 0. The summed E-state index contributed by atoms with van der Waals surface area (Å²) in [4.78, 5) is 15.8. The maximum absolute atomic E-state index is 12.4. The molecule has 0 atom stereocenters. The van der Waals surface area contributed by atoms with Crippen LogP contribution in [0.5, 0.6) is 0 Å². The maximum Gasteiger partial charge on any atom is 0.192 e. The second kappa shape index (κ2) is 4.28. The molecule has 0 amide bonds. The van der Waals surface area contributed by atoms with E-state index in [1.54, 1.807) is 6.07 Å². The van der Waals surface area contributed by atoms with Gasteiger partial charge in [0.05, 0.1) is 5.52 Å². The van der Waals surface area contributed by atoms with Crippen molar-refractivity contribution in [3.8, 4) is 0 Å². The summed E-state index contributed by atoms with van der Waals surface area (Å²) in [6.07, 6.45) is 4.15. The summed E-state index contributed by atoms with van der Waals surface area (Å²) in [5, 5.41) is 1.35. The van der Waals surface area contributed by atoms with E-state index < -0.39 is 0 Å². The molecule has 17 heavy (non-hydrogen) atoms. The Bertz CT molecular complexity index is 662. The molecule has 1 N–H and O–H groups in total. The van der Waals surface area contributed by atoms with Crippen LogP contribution in [-0.4, -0.2) is 4.98 Å². The molecule has 0 unspecified atom stereocenters. The first-order chi connectivity index (χ1) is 8.16. The van der Waals surface area contributed by atoms with Crippen LogP contribution in [0.15, 0.2) is 16.9 Å². The van der Waals surface area contributed by atoms with Gasteiger partial charge in [0.2, 0.25) is 0 Å². The summed E-state index contributed by atoms with van der Waals surface area (Å²) < 4.78 is 1.01. The number of aromatic nitrogens is 1. The van der Waals surface area contributed by atoms with Gasteiger partial charge in [0.1, 0.15) is 0 Å². The summed E-state index contributed by atoms with van der Waals surface area (Å²) >= 11 is 8.24. The largest absolute Gasteiger partial charge is 0.357 e. The second-order valence-electron chi connectivity index (χ2n) is 4.43. The van der Waals surface area contributed by atoms with Gasteiger partial charge in [0.25, 0.3) is 0 Å². The van der Waals surface area contributed by atoms with Crippen LogP contribution in [0.25, 0.3) is 10.9 Å². The highest BCUT2D eigenvalue weighted by Gasteiger charge is 2.16. The number of rotatable bonds is 0. The number of aryl methyl sites for hydroxylation is 1. The van der Waals surface area contributed by atoms with Crippen LogP contribution in [0.3, 0.4) is 0 Å². The molecule has 0 radical (unpaired) electrons. The van der Waals surface area contributed by atoms with Crippen molar-refractivity contribution < 1.29 is 0 Å². The number of benzene rings is 1. The Hall–Kier alpha value is -0.550. The third kappa shape index (κ3) is 1.89. The third-order valence-corrected chi connectivity index (χ3v) is 4.39. The number of hydrogen-bond donors (Lipinski definition) is 1. The van der Waals surface area contributed by atoms with Gasteiger partial charge in [-0.05, 0) is 60.4 Å². The second-order valence-corrected chi connectivity index (χ2v) is 6.03. The molecule has 3 rings (SSSR count). The van der Waals surface area contributed by atoms with E-state index in [1.807, 2.05) is 6.07 Å². The van der Waals surface area contributed by atoms with Crippen molar-refractivity contribution >= 4 is 45.1 Å². The van der Waals surface area contributed by atoms with Crippen LogP contribution in [-0.2, 0) is 12.8 Å². The number of H-pyrrole nitrogens is 1. The smallest absolute Gasteiger partial charge is 0.192 e. The van der Waals surface area contributed by atoms with Crippen LogP contribution in [0.2, 0.25) is 5.02 Å². The average molecular weight is 360 g/mol. The Kier molecular flexibility index (Phi) is 2.91. The van der Waals surface area contributed by atoms with Crippen molar-refractivity contribution in [2.45, 2.75) is 25.7 Å². The Balaban J connectivity index is 2.44. The van der Waals surface area contributed by atoms with E-state index in [0.717, 1.165) is 45.0 Å². The van der Waals surface area contributed by atoms with E-state index in [0.29, 0.717) is 5.02 Å². The van der Waals surface area contributed by atoms with E-state index in [4.69, 9.17) is 11.6 Å². The lowest BCUT2D eigenvalue weighted by Gasteiger charge is -2.16. The topological polar surface area (TPSA) is 32.9 Å². The fourth-order valence-corrected chi connectivity index (χ4v) is 3.65. The fourth-order valence-electron chi connectivity index (χ4n) is 2.49. The predicted octanol–water partition coefficient (Wildman–Crippen LogP) is 3.66. The van der Waals surface area contributed by atoms with E-state index in [9.17, 15) is 4.79 Å². The van der Waals surface area contributed by atoms with Gasteiger partial charge in [0.15, 0.2) is 5.43 Å². The van der Waals surface area contributed by atoms with Crippen molar-refractivity contribution in [3.05, 3.63) is 42.2 Å². The minimum Gasteiger partial charge on any atom is -0.357 e. The van der Waals surface area contributed by atoms with Gasteiger partial charge in [-0.15, -0.1) is 0 Å². The van der Waals surface area contributed by atoms with Crippen LogP contribution in [0, 0.1) is 3.57 Å². The highest BCUT2D eigenvalue weighted by Crippen LogP contribution is 2.25. The number of aromatic amines is 1. The van der Waals surface area contributed by atoms with Gasteiger partial charge in [-0.2, -0.15) is 0 Å². The first-order valence-corrected chi connectivity index (χ1v) is 7.15. The molecule has 0 saturated carbocycles. The molecule has 1 heterocycles. The molecule has 0 saturated heterocycles. The molecular weight excluding hydrogens is 349 g/mol. The van der Waals surface area contributed by atoms with Crippen molar-refractivity contribution in [3.63, 3.8) is 0 Å². The SMILES string of the molecule is O=c1c2c([nH]c3c(I)cc(Cl)cc13)CCCC2. The van der Waals surface area contributed by atoms with Crippen LogP contribution in [0.4, 0.5) is 0 Å². The van der Waals surface area contributed by atoms with E-state index in [2.05, 4.69) is 27.6 Å². The molecule has 1 aromatic heterocycles. The van der Waals surface area contributed by atoms with E-state index >= 15 is 0 Å². The number of hydrogen-bond acceptors (Lipinski definition) is 1. The van der Waals surface area contributed by atoms with E-state index in [1.165, 1.54) is 6.42 Å². The number of fused-ring (bicyclic) bond motifs is 2. The zero-order valence-electron chi connectivity index (χ0n) is 9.15. The first kappa shape index (κ1) is 11.5. The summed E-state index contributed by atoms with van der Waals surface area (Å²) in [7, 11) is 0. The van der Waals surface area contributed by atoms with Crippen molar-refractivity contribution in [2.75, 3.05) is 0 Å². The Morgan fingerprint density at radius 2 is 2.00 bits per heavy atom. The molecule has 0 bridgehead atoms. The Morgan fingerprint density at radius 1 is 1.24 bits per heavy atom. The molecule has 1 aliphatic rings. The third-order valence-electron chi connectivity index (χ3n) is 3.32. The molecule has 0 aliphatic heterocycles. The summed E-state index contributed by atoms with van der Waals surface area (Å²) in [6.45, 7) is 0. The minimum atomic E-state index is 0.161. The molecule has 1 aliphatic carbocycles. The number of halogens is 2. The summed E-state index contributed by atoms with van der Waals surface area (Å²) in [5.41, 5.74) is 3.17.